The Morgan fingerprint density at radius 2 is 1.04 bits per heavy atom. The molecule has 132 valence electrons. The van der Waals surface area contributed by atoms with Crippen LogP contribution in [0.1, 0.15) is 16.2 Å². The highest BCUT2D eigenvalue weighted by molar-refractivity contribution is 6.11. The standard InChI is InChI=1S/C11H4N6O9/c18-11(9-7(16(23)24)1-5(3-12-9)14(19)20)10-8(17(25)26)2-6(4-13-10)15(21)22/h1-4H. The number of rotatable bonds is 6. The number of ketones is 1. The fourth-order valence-electron chi connectivity index (χ4n) is 1.83. The van der Waals surface area contributed by atoms with E-state index in [-0.39, 0.29) is 0 Å². The molecule has 0 spiro atoms. The van der Waals surface area contributed by atoms with Gasteiger partial charge in [0.2, 0.25) is 5.78 Å². The third kappa shape index (κ3) is 3.25. The zero-order chi connectivity index (χ0) is 19.6. The van der Waals surface area contributed by atoms with E-state index in [4.69, 9.17) is 0 Å². The number of aromatic nitrogens is 2. The first kappa shape index (κ1) is 17.9. The number of carbonyl (C=O) groups is 1. The summed E-state index contributed by atoms with van der Waals surface area (Å²) in [6.07, 6.45) is 1.11. The van der Waals surface area contributed by atoms with Crippen molar-refractivity contribution < 1.29 is 24.5 Å². The van der Waals surface area contributed by atoms with Crippen LogP contribution in [-0.2, 0) is 0 Å². The lowest BCUT2D eigenvalue weighted by Gasteiger charge is -2.02. The molecule has 0 saturated heterocycles. The first-order valence-corrected chi connectivity index (χ1v) is 6.25. The molecule has 26 heavy (non-hydrogen) atoms. The van der Waals surface area contributed by atoms with Crippen molar-refractivity contribution in [1.82, 2.24) is 9.97 Å². The number of nitrogens with zero attached hydrogens (tertiary/aromatic N) is 6. The van der Waals surface area contributed by atoms with Gasteiger partial charge in [-0.25, -0.2) is 9.97 Å². The van der Waals surface area contributed by atoms with E-state index in [9.17, 15) is 45.3 Å². The normalized spacial score (nSPS) is 10.2. The summed E-state index contributed by atoms with van der Waals surface area (Å²) in [5.74, 6) is -1.40. The van der Waals surface area contributed by atoms with Crippen molar-refractivity contribution >= 4 is 28.5 Å². The molecular formula is C11H4N6O9. The minimum absolute atomic E-state index is 0.456. The Kier molecular flexibility index (Phi) is 4.54. The second-order valence-corrected chi connectivity index (χ2v) is 4.48. The Morgan fingerprint density at radius 3 is 1.31 bits per heavy atom. The molecule has 0 amide bonds. The molecule has 2 aromatic heterocycles. The number of hydrogen-bond acceptors (Lipinski definition) is 11. The number of nitro groups is 4. The second kappa shape index (κ2) is 6.59. The monoisotopic (exact) mass is 364 g/mol. The van der Waals surface area contributed by atoms with Gasteiger partial charge < -0.3 is 0 Å². The molecule has 0 bridgehead atoms. The number of carbonyl (C=O) groups excluding carboxylic acids is 1. The van der Waals surface area contributed by atoms with Crippen LogP contribution in [0.15, 0.2) is 24.5 Å². The molecule has 2 rings (SSSR count). The maximum atomic E-state index is 12.4. The van der Waals surface area contributed by atoms with Gasteiger partial charge in [-0.2, -0.15) is 0 Å². The summed E-state index contributed by atoms with van der Waals surface area (Å²) >= 11 is 0. The van der Waals surface area contributed by atoms with Crippen LogP contribution in [0.25, 0.3) is 0 Å². The Balaban J connectivity index is 2.66. The number of hydrogen-bond donors (Lipinski definition) is 0. The van der Waals surface area contributed by atoms with E-state index in [1.165, 1.54) is 0 Å². The SMILES string of the molecule is O=C(c1ncc([N+](=O)[O-])cc1[N+](=O)[O-])c1ncc([N+](=O)[O-])cc1[N+](=O)[O-]. The Hall–Kier alpha value is -4.43. The van der Waals surface area contributed by atoms with Gasteiger partial charge >= 0.3 is 11.4 Å². The minimum Gasteiger partial charge on any atom is -0.285 e. The molecule has 0 atom stereocenters. The maximum absolute atomic E-state index is 12.4. The first-order valence-electron chi connectivity index (χ1n) is 6.25. The van der Waals surface area contributed by atoms with E-state index >= 15 is 0 Å². The summed E-state index contributed by atoms with van der Waals surface area (Å²) in [4.78, 5) is 58.2. The smallest absolute Gasteiger partial charge is 0.285 e. The van der Waals surface area contributed by atoms with E-state index < -0.39 is 59.6 Å². The van der Waals surface area contributed by atoms with Crippen molar-refractivity contribution in [3.05, 3.63) is 76.4 Å². The molecular weight excluding hydrogens is 360 g/mol. The van der Waals surface area contributed by atoms with Crippen molar-refractivity contribution in [1.29, 1.82) is 0 Å². The van der Waals surface area contributed by atoms with Crippen LogP contribution in [0.3, 0.4) is 0 Å². The average Bonchev–Trinajstić information content (AvgIpc) is 2.59. The van der Waals surface area contributed by atoms with Gasteiger partial charge in [-0.3, -0.25) is 45.3 Å². The molecule has 2 heterocycles. The second-order valence-electron chi connectivity index (χ2n) is 4.48. The molecule has 0 radical (unpaired) electrons. The van der Waals surface area contributed by atoms with Crippen LogP contribution in [0.5, 0.6) is 0 Å². The van der Waals surface area contributed by atoms with Crippen LogP contribution in [0.2, 0.25) is 0 Å². The predicted octanol–water partition coefficient (Wildman–Crippen LogP) is 1.34. The molecule has 15 nitrogen and oxygen atoms in total. The van der Waals surface area contributed by atoms with Gasteiger partial charge in [-0.15, -0.1) is 0 Å². The van der Waals surface area contributed by atoms with Gasteiger partial charge in [0.05, 0.1) is 31.8 Å². The van der Waals surface area contributed by atoms with E-state index in [2.05, 4.69) is 9.97 Å². The average molecular weight is 364 g/mol. The summed E-state index contributed by atoms with van der Waals surface area (Å²) in [5, 5.41) is 43.4. The highest BCUT2D eigenvalue weighted by Crippen LogP contribution is 2.28. The highest BCUT2D eigenvalue weighted by atomic mass is 16.6. The molecule has 0 fully saturated rings. The van der Waals surface area contributed by atoms with E-state index in [0.29, 0.717) is 24.5 Å². The molecule has 0 saturated carbocycles. The maximum Gasteiger partial charge on any atom is 0.305 e. The lowest BCUT2D eigenvalue weighted by atomic mass is 10.1. The Labute approximate surface area is 140 Å². The Morgan fingerprint density at radius 1 is 0.692 bits per heavy atom. The molecule has 2 aromatic rings. The molecule has 0 aliphatic carbocycles. The highest BCUT2D eigenvalue weighted by Gasteiger charge is 2.33. The van der Waals surface area contributed by atoms with Crippen molar-refractivity contribution in [2.45, 2.75) is 0 Å². The van der Waals surface area contributed by atoms with Gasteiger partial charge in [0.25, 0.3) is 11.4 Å². The van der Waals surface area contributed by atoms with Gasteiger partial charge in [0.1, 0.15) is 12.4 Å². The first-order chi connectivity index (χ1) is 12.1. The van der Waals surface area contributed by atoms with Crippen LogP contribution < -0.4 is 0 Å². The summed E-state index contributed by atoms with van der Waals surface area (Å²) in [7, 11) is 0. The molecule has 0 aliphatic heterocycles. The van der Waals surface area contributed by atoms with Crippen molar-refractivity contribution in [3.8, 4) is 0 Å². The third-order valence-electron chi connectivity index (χ3n) is 2.95. The largest absolute Gasteiger partial charge is 0.305 e. The molecule has 0 N–H and O–H groups in total. The molecule has 15 heteroatoms. The van der Waals surface area contributed by atoms with Gasteiger partial charge in [0.15, 0.2) is 11.4 Å². The summed E-state index contributed by atoms with van der Waals surface area (Å²) in [6.45, 7) is 0. The lowest BCUT2D eigenvalue weighted by molar-refractivity contribution is -0.395. The zero-order valence-electron chi connectivity index (χ0n) is 12.2. The third-order valence-corrected chi connectivity index (χ3v) is 2.95. The van der Waals surface area contributed by atoms with E-state index in [1.807, 2.05) is 0 Å². The number of pyridine rings is 2. The molecule has 0 aromatic carbocycles. The van der Waals surface area contributed by atoms with Crippen molar-refractivity contribution in [2.75, 3.05) is 0 Å². The van der Waals surface area contributed by atoms with Crippen LogP contribution >= 0.6 is 0 Å². The molecule has 0 aliphatic rings. The van der Waals surface area contributed by atoms with Gasteiger partial charge in [-0.05, 0) is 0 Å². The van der Waals surface area contributed by atoms with Gasteiger partial charge in [-0.1, -0.05) is 0 Å². The fraction of sp³-hybridized carbons (Fsp3) is 0. The van der Waals surface area contributed by atoms with E-state index in [0.717, 1.165) is 0 Å². The minimum atomic E-state index is -1.40. The van der Waals surface area contributed by atoms with Crippen LogP contribution in [-0.4, -0.2) is 35.4 Å². The topological polar surface area (TPSA) is 215 Å². The van der Waals surface area contributed by atoms with Gasteiger partial charge in [0, 0.05) is 0 Å². The predicted molar refractivity (Wildman–Crippen MR) is 78.5 cm³/mol. The van der Waals surface area contributed by atoms with E-state index in [1.54, 1.807) is 0 Å². The summed E-state index contributed by atoms with van der Waals surface area (Å²) < 4.78 is 0. The quantitative estimate of drug-likeness (QED) is 0.404. The fourth-order valence-corrected chi connectivity index (χ4v) is 1.83. The van der Waals surface area contributed by atoms with Crippen molar-refractivity contribution in [2.24, 2.45) is 0 Å². The zero-order valence-corrected chi connectivity index (χ0v) is 12.2. The lowest BCUT2D eigenvalue weighted by Crippen LogP contribution is -2.13. The summed E-state index contributed by atoms with van der Waals surface area (Å²) in [5.41, 5.74) is -5.58. The molecule has 0 unspecified atom stereocenters. The van der Waals surface area contributed by atoms with Crippen LogP contribution in [0, 0.1) is 40.5 Å². The van der Waals surface area contributed by atoms with Crippen molar-refractivity contribution in [3.63, 3.8) is 0 Å². The Bertz CT molecular complexity index is 911. The van der Waals surface area contributed by atoms with Crippen LogP contribution in [0.4, 0.5) is 22.7 Å². The summed E-state index contributed by atoms with van der Waals surface area (Å²) in [6, 6.07) is 0.912.